The van der Waals surface area contributed by atoms with E-state index in [9.17, 15) is 9.59 Å². The molecule has 1 aliphatic heterocycles. The van der Waals surface area contributed by atoms with Crippen LogP contribution in [-0.4, -0.2) is 28.5 Å². The first-order chi connectivity index (χ1) is 12.5. The van der Waals surface area contributed by atoms with Gasteiger partial charge in [-0.2, -0.15) is 0 Å². The summed E-state index contributed by atoms with van der Waals surface area (Å²) in [6.07, 6.45) is 1.17. The fourth-order valence-corrected chi connectivity index (χ4v) is 5.46. The van der Waals surface area contributed by atoms with Crippen molar-refractivity contribution in [3.63, 3.8) is 0 Å². The molecule has 1 amide bonds. The first-order valence-electron chi connectivity index (χ1n) is 9.34. The van der Waals surface area contributed by atoms with Crippen molar-refractivity contribution in [3.05, 3.63) is 45.6 Å². The van der Waals surface area contributed by atoms with Crippen LogP contribution in [0.25, 0.3) is 21.0 Å². The lowest BCUT2D eigenvalue weighted by Gasteiger charge is -2.34. The monoisotopic (exact) mass is 368 g/mol. The highest BCUT2D eigenvalue weighted by atomic mass is 32.1. The smallest absolute Gasteiger partial charge is 0.263 e. The quantitative estimate of drug-likeness (QED) is 0.675. The summed E-state index contributed by atoms with van der Waals surface area (Å²) in [5, 5.41) is 1.71. The maximum atomic E-state index is 13.1. The molecule has 2 aromatic heterocycles. The number of aromatic nitrogens is 1. The molecular weight excluding hydrogens is 344 g/mol. The predicted molar refractivity (Wildman–Crippen MR) is 108 cm³/mol. The van der Waals surface area contributed by atoms with Gasteiger partial charge in [0.25, 0.3) is 11.5 Å². The van der Waals surface area contributed by atoms with Gasteiger partial charge in [-0.15, -0.1) is 11.3 Å². The van der Waals surface area contributed by atoms with E-state index in [1.54, 1.807) is 4.57 Å². The van der Waals surface area contributed by atoms with Crippen molar-refractivity contribution < 1.29 is 4.79 Å². The van der Waals surface area contributed by atoms with E-state index in [2.05, 4.69) is 13.8 Å². The minimum absolute atomic E-state index is 0.00289. The number of carbonyl (C=O) groups excluding carboxylic acids is 1. The van der Waals surface area contributed by atoms with Gasteiger partial charge in [-0.3, -0.25) is 9.59 Å². The molecule has 4 nitrogen and oxygen atoms in total. The summed E-state index contributed by atoms with van der Waals surface area (Å²) in [6.45, 7) is 8.61. The fourth-order valence-electron chi connectivity index (χ4n) is 4.31. The van der Waals surface area contributed by atoms with Crippen LogP contribution >= 0.6 is 11.3 Å². The van der Waals surface area contributed by atoms with Crippen LogP contribution in [0.1, 0.15) is 36.9 Å². The summed E-state index contributed by atoms with van der Waals surface area (Å²) in [4.78, 5) is 28.7. The van der Waals surface area contributed by atoms with E-state index < -0.39 is 0 Å². The Kier molecular flexibility index (Phi) is 4.35. The lowest BCUT2D eigenvalue weighted by atomic mass is 9.92. The van der Waals surface area contributed by atoms with E-state index in [0.717, 1.165) is 28.7 Å². The molecule has 1 aromatic carbocycles. The fraction of sp³-hybridized carbons (Fsp3) is 0.429. The molecule has 0 N–H and O–H groups in total. The van der Waals surface area contributed by atoms with Crippen molar-refractivity contribution in [1.29, 1.82) is 0 Å². The van der Waals surface area contributed by atoms with Crippen molar-refractivity contribution in [3.8, 4) is 0 Å². The van der Waals surface area contributed by atoms with Gasteiger partial charge in [0.2, 0.25) is 0 Å². The molecule has 26 heavy (non-hydrogen) atoms. The first kappa shape index (κ1) is 17.3. The van der Waals surface area contributed by atoms with Gasteiger partial charge in [-0.25, -0.2) is 0 Å². The zero-order valence-corrected chi connectivity index (χ0v) is 16.3. The largest absolute Gasteiger partial charge is 0.337 e. The molecule has 136 valence electrons. The van der Waals surface area contributed by atoms with Crippen LogP contribution in [0, 0.1) is 11.8 Å². The van der Waals surface area contributed by atoms with E-state index in [4.69, 9.17) is 0 Å². The molecule has 2 atom stereocenters. The van der Waals surface area contributed by atoms with Crippen LogP contribution in [-0.2, 0) is 6.54 Å². The number of fused-ring (bicyclic) bond motifs is 3. The van der Waals surface area contributed by atoms with Crippen LogP contribution in [0.5, 0.6) is 0 Å². The molecule has 5 heteroatoms. The second-order valence-corrected chi connectivity index (χ2v) is 8.63. The molecule has 0 aliphatic carbocycles. The summed E-state index contributed by atoms with van der Waals surface area (Å²) in [6, 6.07) is 9.78. The normalized spacial score (nSPS) is 20.8. The van der Waals surface area contributed by atoms with Crippen molar-refractivity contribution in [2.75, 3.05) is 13.1 Å². The summed E-state index contributed by atoms with van der Waals surface area (Å²) in [7, 11) is 0. The van der Waals surface area contributed by atoms with E-state index in [-0.39, 0.29) is 11.5 Å². The summed E-state index contributed by atoms with van der Waals surface area (Å²) in [5.74, 6) is 1.11. The van der Waals surface area contributed by atoms with Crippen molar-refractivity contribution in [1.82, 2.24) is 9.47 Å². The van der Waals surface area contributed by atoms with Crippen molar-refractivity contribution in [2.24, 2.45) is 11.8 Å². The van der Waals surface area contributed by atoms with E-state index in [1.165, 1.54) is 17.8 Å². The standard InChI is InChI=1S/C21H24N2O2S/c1-4-23-17-8-6-5-7-15(17)19-16(20(23)24)10-18(26-19)21(25)22-11-13(2)9-14(3)12-22/h5-8,10,13-14H,4,9,11-12H2,1-3H3/t13-,14-/m1/s1. The van der Waals surface area contributed by atoms with Gasteiger partial charge in [-0.1, -0.05) is 32.0 Å². The zero-order valence-electron chi connectivity index (χ0n) is 15.5. The molecule has 0 saturated carbocycles. The molecule has 0 spiro atoms. The molecule has 0 radical (unpaired) electrons. The van der Waals surface area contributed by atoms with E-state index in [1.807, 2.05) is 42.2 Å². The Balaban J connectivity index is 1.85. The highest BCUT2D eigenvalue weighted by Gasteiger charge is 2.27. The maximum Gasteiger partial charge on any atom is 0.263 e. The Hall–Kier alpha value is -2.14. The average Bonchev–Trinajstić information content (AvgIpc) is 3.07. The highest BCUT2D eigenvalue weighted by Crippen LogP contribution is 2.32. The number of amides is 1. The number of carbonyl (C=O) groups is 1. The Morgan fingerprint density at radius 3 is 2.54 bits per heavy atom. The number of hydrogen-bond donors (Lipinski definition) is 0. The topological polar surface area (TPSA) is 42.3 Å². The lowest BCUT2D eigenvalue weighted by Crippen LogP contribution is -2.42. The third-order valence-corrected chi connectivity index (χ3v) is 6.49. The summed E-state index contributed by atoms with van der Waals surface area (Å²) < 4.78 is 2.72. The third-order valence-electron chi connectivity index (χ3n) is 5.33. The SMILES string of the molecule is CCn1c(=O)c2cc(C(=O)N3C[C@H](C)C[C@@H](C)C3)sc2c2ccccc21. The highest BCUT2D eigenvalue weighted by molar-refractivity contribution is 7.21. The predicted octanol–water partition coefficient (Wildman–Crippen LogP) is 4.35. The van der Waals surface area contributed by atoms with Gasteiger partial charge < -0.3 is 9.47 Å². The maximum absolute atomic E-state index is 13.1. The molecule has 0 bridgehead atoms. The number of para-hydroxylation sites is 1. The van der Waals surface area contributed by atoms with Crippen molar-refractivity contribution in [2.45, 2.75) is 33.7 Å². The van der Waals surface area contributed by atoms with E-state index >= 15 is 0 Å². The number of thiophene rings is 1. The molecule has 0 unspecified atom stereocenters. The van der Waals surface area contributed by atoms with Gasteiger partial charge >= 0.3 is 0 Å². The first-order valence-corrected chi connectivity index (χ1v) is 10.2. The van der Waals surface area contributed by atoms with Gasteiger partial charge in [0.15, 0.2) is 0 Å². The average molecular weight is 369 g/mol. The van der Waals surface area contributed by atoms with Crippen LogP contribution in [0.2, 0.25) is 0 Å². The van der Waals surface area contributed by atoms with Gasteiger partial charge in [0.1, 0.15) is 0 Å². The van der Waals surface area contributed by atoms with Gasteiger partial charge in [0.05, 0.1) is 15.8 Å². The third kappa shape index (κ3) is 2.75. The molecule has 3 aromatic rings. The molecule has 1 fully saturated rings. The summed E-state index contributed by atoms with van der Waals surface area (Å²) >= 11 is 1.46. The number of benzene rings is 1. The number of piperidine rings is 1. The van der Waals surface area contributed by atoms with Crippen LogP contribution in [0.15, 0.2) is 35.1 Å². The molecule has 1 saturated heterocycles. The van der Waals surface area contributed by atoms with Crippen molar-refractivity contribution >= 4 is 38.2 Å². The Morgan fingerprint density at radius 2 is 1.85 bits per heavy atom. The summed E-state index contributed by atoms with van der Waals surface area (Å²) in [5.41, 5.74) is 0.936. The number of hydrogen-bond acceptors (Lipinski definition) is 3. The Labute approximate surface area is 157 Å². The zero-order chi connectivity index (χ0) is 18.4. The molecule has 1 aliphatic rings. The second-order valence-electron chi connectivity index (χ2n) is 7.58. The number of pyridine rings is 1. The van der Waals surface area contributed by atoms with Crippen LogP contribution in [0.3, 0.4) is 0 Å². The molecule has 3 heterocycles. The van der Waals surface area contributed by atoms with Gasteiger partial charge in [0, 0.05) is 29.7 Å². The molecular formula is C21H24N2O2S. The minimum Gasteiger partial charge on any atom is -0.337 e. The Morgan fingerprint density at radius 1 is 1.15 bits per heavy atom. The second kappa shape index (κ2) is 6.54. The Bertz CT molecular complexity index is 1040. The minimum atomic E-state index is -0.00289. The van der Waals surface area contributed by atoms with Gasteiger partial charge in [-0.05, 0) is 37.3 Å². The molecule has 4 rings (SSSR count). The number of aryl methyl sites for hydroxylation is 1. The number of rotatable bonds is 2. The number of likely N-dealkylation sites (tertiary alicyclic amines) is 1. The van der Waals surface area contributed by atoms with Crippen LogP contribution in [0.4, 0.5) is 0 Å². The van der Waals surface area contributed by atoms with Crippen LogP contribution < -0.4 is 5.56 Å². The van der Waals surface area contributed by atoms with E-state index in [0.29, 0.717) is 28.6 Å². The number of nitrogens with zero attached hydrogens (tertiary/aromatic N) is 2. The lowest BCUT2D eigenvalue weighted by molar-refractivity contribution is 0.0628.